The van der Waals surface area contributed by atoms with Crippen molar-refractivity contribution >= 4 is 6.29 Å². The predicted molar refractivity (Wildman–Crippen MR) is 12.9 cm³/mol. The third-order valence-electron chi connectivity index (χ3n) is 0. The number of carbonyl (C=O) groups is 1. The maximum absolute atomic E-state index is 8.81. The SMILES string of the molecule is CC=O.[H-].[Li+].[Ta]. The Balaban J connectivity index is -0.00000000667. The van der Waals surface area contributed by atoms with Crippen LogP contribution in [0.5, 0.6) is 0 Å². The Kier molecular flexibility index (Phi) is 66.5. The average Bonchev–Trinajstić information content (AvgIpc) is 0.918. The van der Waals surface area contributed by atoms with Gasteiger partial charge in [0.05, 0.1) is 0 Å². The molecule has 0 aliphatic rings. The molecule has 0 unspecified atom stereocenters. The number of aldehydes is 1. The minimum atomic E-state index is 0. The van der Waals surface area contributed by atoms with E-state index in [1.165, 1.54) is 6.92 Å². The van der Waals surface area contributed by atoms with Crippen molar-refractivity contribution < 1.29 is 47.5 Å². The quantitative estimate of drug-likeness (QED) is 0.329. The molecule has 0 amide bonds. The Morgan fingerprint density at radius 1 is 1.80 bits per heavy atom. The zero-order chi connectivity index (χ0) is 2.71. The Labute approximate surface area is 60.7 Å². The first kappa shape index (κ1) is 16.7. The molecule has 0 aromatic heterocycles. The van der Waals surface area contributed by atoms with Gasteiger partial charge in [-0.15, -0.1) is 0 Å². The fourth-order valence-corrected chi connectivity index (χ4v) is 0. The number of rotatable bonds is 0. The monoisotopic (exact) mass is 233 g/mol. The maximum atomic E-state index is 8.81. The number of carbonyl (C=O) groups excluding carboxylic acids is 1. The molecule has 0 aliphatic heterocycles. The molecule has 0 N–H and O–H groups in total. The molecular formula is C2H5LiOTa. The molecule has 0 heterocycles. The van der Waals surface area contributed by atoms with Gasteiger partial charge in [0.15, 0.2) is 0 Å². The van der Waals surface area contributed by atoms with Gasteiger partial charge in [-0.2, -0.15) is 0 Å². The molecule has 0 bridgehead atoms. The molecule has 3 heteroatoms. The van der Waals surface area contributed by atoms with Crippen molar-refractivity contribution in [3.8, 4) is 0 Å². The summed E-state index contributed by atoms with van der Waals surface area (Å²) in [6.45, 7) is 1.44. The Morgan fingerprint density at radius 2 is 1.80 bits per heavy atom. The van der Waals surface area contributed by atoms with E-state index in [2.05, 4.69) is 0 Å². The molecule has 0 spiro atoms. The van der Waals surface area contributed by atoms with Crippen LogP contribution in [0.25, 0.3) is 0 Å². The van der Waals surface area contributed by atoms with Gasteiger partial charge in [-0.25, -0.2) is 0 Å². The van der Waals surface area contributed by atoms with Crippen molar-refractivity contribution in [2.24, 2.45) is 0 Å². The van der Waals surface area contributed by atoms with Gasteiger partial charge < -0.3 is 6.22 Å². The molecule has 0 saturated heterocycles. The third-order valence-corrected chi connectivity index (χ3v) is 0. The van der Waals surface area contributed by atoms with E-state index >= 15 is 0 Å². The van der Waals surface area contributed by atoms with Gasteiger partial charge >= 0.3 is 18.9 Å². The van der Waals surface area contributed by atoms with E-state index in [0.29, 0.717) is 0 Å². The molecular weight excluding hydrogens is 228 g/mol. The van der Waals surface area contributed by atoms with Crippen molar-refractivity contribution in [2.75, 3.05) is 0 Å². The van der Waals surface area contributed by atoms with Crippen LogP contribution < -0.4 is 18.9 Å². The van der Waals surface area contributed by atoms with Crippen LogP contribution in [0.15, 0.2) is 0 Å². The summed E-state index contributed by atoms with van der Waals surface area (Å²) >= 11 is 0. The van der Waals surface area contributed by atoms with Crippen molar-refractivity contribution in [1.29, 1.82) is 0 Å². The molecule has 0 atom stereocenters. The normalized spacial score (nSPS) is 2.60. The van der Waals surface area contributed by atoms with Crippen molar-refractivity contribution in [2.45, 2.75) is 6.92 Å². The van der Waals surface area contributed by atoms with Crippen molar-refractivity contribution in [1.82, 2.24) is 0 Å². The summed E-state index contributed by atoms with van der Waals surface area (Å²) in [7, 11) is 0. The smallest absolute Gasteiger partial charge is 1.00 e. The zero-order valence-corrected chi connectivity index (χ0v) is 6.65. The fourth-order valence-electron chi connectivity index (χ4n) is 0. The van der Waals surface area contributed by atoms with E-state index < -0.39 is 0 Å². The van der Waals surface area contributed by atoms with Crippen LogP contribution in [0.2, 0.25) is 0 Å². The summed E-state index contributed by atoms with van der Waals surface area (Å²) < 4.78 is 0. The molecule has 5 heavy (non-hydrogen) atoms. The van der Waals surface area contributed by atoms with Crippen LogP contribution >= 0.6 is 0 Å². The van der Waals surface area contributed by atoms with E-state index in [-0.39, 0.29) is 42.7 Å². The summed E-state index contributed by atoms with van der Waals surface area (Å²) in [6, 6.07) is 0. The van der Waals surface area contributed by atoms with Crippen LogP contribution in [0.3, 0.4) is 0 Å². The van der Waals surface area contributed by atoms with Crippen LogP contribution in [-0.4, -0.2) is 6.29 Å². The van der Waals surface area contributed by atoms with Gasteiger partial charge in [0.25, 0.3) is 0 Å². The van der Waals surface area contributed by atoms with Crippen molar-refractivity contribution in [3.63, 3.8) is 0 Å². The maximum Gasteiger partial charge on any atom is 1.00 e. The minimum absolute atomic E-state index is 0. The largest absolute Gasteiger partial charge is 1.00 e. The van der Waals surface area contributed by atoms with Gasteiger partial charge in [-0.3, -0.25) is 0 Å². The van der Waals surface area contributed by atoms with Crippen LogP contribution in [0, 0.1) is 0 Å². The summed E-state index contributed by atoms with van der Waals surface area (Å²) in [5, 5.41) is 0. The molecule has 1 radical (unpaired) electrons. The first-order valence-corrected chi connectivity index (χ1v) is 0.813. The number of hydrogen-bond acceptors (Lipinski definition) is 1. The molecule has 25 valence electrons. The second-order valence-electron chi connectivity index (χ2n) is 0.236. The average molecular weight is 233 g/mol. The summed E-state index contributed by atoms with van der Waals surface area (Å²) in [6.07, 6.45) is 0.750. The summed E-state index contributed by atoms with van der Waals surface area (Å²) in [4.78, 5) is 8.81. The molecule has 0 saturated carbocycles. The topological polar surface area (TPSA) is 17.1 Å². The van der Waals surface area contributed by atoms with Crippen molar-refractivity contribution in [3.05, 3.63) is 0 Å². The second-order valence-corrected chi connectivity index (χ2v) is 0.236. The molecule has 0 aromatic rings. The molecule has 0 fully saturated rings. The predicted octanol–water partition coefficient (Wildman–Crippen LogP) is -2.68. The van der Waals surface area contributed by atoms with Gasteiger partial charge in [-0.05, 0) is 6.92 Å². The number of hydrogen-bond donors (Lipinski definition) is 0. The van der Waals surface area contributed by atoms with E-state index in [0.717, 1.165) is 6.29 Å². The molecule has 1 nitrogen and oxygen atoms in total. The third kappa shape index (κ3) is 44.6. The second kappa shape index (κ2) is 20.0. The zero-order valence-electron chi connectivity index (χ0n) is 4.43. The molecule has 0 aliphatic carbocycles. The fraction of sp³-hybridized carbons (Fsp3) is 0.500. The van der Waals surface area contributed by atoms with E-state index in [4.69, 9.17) is 4.79 Å². The van der Waals surface area contributed by atoms with E-state index in [9.17, 15) is 0 Å². The summed E-state index contributed by atoms with van der Waals surface area (Å²) in [5.41, 5.74) is 0. The molecule has 0 rings (SSSR count). The standard InChI is InChI=1S/C2H4O.Li.Ta.H/c1-2-3;;;/h2H,1H3;;;/q;+1;;-1. The Bertz CT molecular complexity index is 21.0. The Morgan fingerprint density at radius 3 is 1.80 bits per heavy atom. The van der Waals surface area contributed by atoms with Gasteiger partial charge in [0.2, 0.25) is 0 Å². The van der Waals surface area contributed by atoms with Crippen LogP contribution in [0.1, 0.15) is 8.35 Å². The van der Waals surface area contributed by atoms with E-state index in [1.807, 2.05) is 0 Å². The van der Waals surface area contributed by atoms with E-state index in [1.54, 1.807) is 0 Å². The van der Waals surface area contributed by atoms with Gasteiger partial charge in [0.1, 0.15) is 6.29 Å². The minimum Gasteiger partial charge on any atom is -1.00 e. The first-order chi connectivity index (χ1) is 1.41. The van der Waals surface area contributed by atoms with Gasteiger partial charge in [-0.1, -0.05) is 0 Å². The summed E-state index contributed by atoms with van der Waals surface area (Å²) in [5.74, 6) is 0. The molecule has 0 aromatic carbocycles. The van der Waals surface area contributed by atoms with Crippen LogP contribution in [0.4, 0.5) is 0 Å². The van der Waals surface area contributed by atoms with Gasteiger partial charge in [0, 0.05) is 22.4 Å². The first-order valence-electron chi connectivity index (χ1n) is 0.813. The Hall–Kier alpha value is 1.01. The van der Waals surface area contributed by atoms with Crippen LogP contribution in [-0.2, 0) is 27.2 Å².